The van der Waals surface area contributed by atoms with Crippen molar-refractivity contribution in [3.63, 3.8) is 0 Å². The number of likely N-dealkylation sites (tertiary alicyclic amines) is 1. The van der Waals surface area contributed by atoms with Crippen LogP contribution in [0.2, 0.25) is 5.02 Å². The molecule has 1 fully saturated rings. The van der Waals surface area contributed by atoms with E-state index in [2.05, 4.69) is 0 Å². The number of aliphatic hydroxyl groups excluding tert-OH is 1. The second kappa shape index (κ2) is 7.34. The van der Waals surface area contributed by atoms with E-state index in [0.29, 0.717) is 17.2 Å². The lowest BCUT2D eigenvalue weighted by Gasteiger charge is -2.28. The molecule has 4 nitrogen and oxygen atoms in total. The Hall–Kier alpha value is -1.26. The van der Waals surface area contributed by atoms with Crippen molar-refractivity contribution in [1.29, 1.82) is 0 Å². The Labute approximate surface area is 137 Å². The molecular weight excluding hydrogens is 302 g/mol. The summed E-state index contributed by atoms with van der Waals surface area (Å²) in [5, 5.41) is 10.2. The van der Waals surface area contributed by atoms with Gasteiger partial charge in [0.25, 0.3) is 5.91 Å². The molecule has 22 heavy (non-hydrogen) atoms. The highest BCUT2D eigenvalue weighted by molar-refractivity contribution is 6.31. The zero-order valence-electron chi connectivity index (χ0n) is 13.4. The van der Waals surface area contributed by atoms with Gasteiger partial charge in [-0.2, -0.15) is 0 Å². The highest BCUT2D eigenvalue weighted by atomic mass is 35.5. The molecule has 1 aromatic carbocycles. The van der Waals surface area contributed by atoms with Crippen molar-refractivity contribution in [2.24, 2.45) is 0 Å². The summed E-state index contributed by atoms with van der Waals surface area (Å²) in [6.45, 7) is 6.17. The highest BCUT2D eigenvalue weighted by Gasteiger charge is 2.32. The van der Waals surface area contributed by atoms with E-state index < -0.39 is 12.2 Å². The third-order valence-corrected chi connectivity index (χ3v) is 4.49. The van der Waals surface area contributed by atoms with Gasteiger partial charge in [0.05, 0.1) is 6.10 Å². The SMILES string of the molecule is Cc1cc(OC(C)C(=O)N2CCCC2CC(C)O)ccc1Cl. The van der Waals surface area contributed by atoms with E-state index in [-0.39, 0.29) is 11.9 Å². The number of aryl methyl sites for hydroxylation is 1. The maximum atomic E-state index is 12.6. The molecule has 1 aromatic rings. The van der Waals surface area contributed by atoms with E-state index in [9.17, 15) is 9.90 Å². The molecule has 0 spiro atoms. The first kappa shape index (κ1) is 17.1. The predicted octanol–water partition coefficient (Wildman–Crippen LogP) is 3.18. The third-order valence-electron chi connectivity index (χ3n) is 4.06. The lowest BCUT2D eigenvalue weighted by atomic mass is 10.1. The van der Waals surface area contributed by atoms with Crippen LogP contribution < -0.4 is 4.74 Å². The van der Waals surface area contributed by atoms with Crippen LogP contribution in [0.15, 0.2) is 18.2 Å². The van der Waals surface area contributed by atoms with E-state index in [0.717, 1.165) is 24.9 Å². The van der Waals surface area contributed by atoms with Crippen molar-refractivity contribution in [2.45, 2.75) is 58.3 Å². The van der Waals surface area contributed by atoms with Crippen LogP contribution in [0.5, 0.6) is 5.75 Å². The Balaban J connectivity index is 2.00. The summed E-state index contributed by atoms with van der Waals surface area (Å²) in [5.74, 6) is 0.629. The molecule has 1 saturated heterocycles. The Bertz CT molecular complexity index is 533. The lowest BCUT2D eigenvalue weighted by Crippen LogP contribution is -2.44. The van der Waals surface area contributed by atoms with Gasteiger partial charge in [-0.15, -0.1) is 0 Å². The van der Waals surface area contributed by atoms with Crippen molar-refractivity contribution >= 4 is 17.5 Å². The topological polar surface area (TPSA) is 49.8 Å². The highest BCUT2D eigenvalue weighted by Crippen LogP contribution is 2.25. The quantitative estimate of drug-likeness (QED) is 0.904. The molecule has 1 aliphatic rings. The summed E-state index contributed by atoms with van der Waals surface area (Å²) in [6.07, 6.45) is 1.61. The third kappa shape index (κ3) is 4.14. The standard InChI is InChI=1S/C17H24ClNO3/c1-11-9-15(6-7-16(11)18)22-13(3)17(21)19-8-4-5-14(19)10-12(2)20/h6-7,9,12-14,20H,4-5,8,10H2,1-3H3. The zero-order chi connectivity index (χ0) is 16.3. The molecule has 3 atom stereocenters. The fourth-order valence-corrected chi connectivity index (χ4v) is 3.06. The summed E-state index contributed by atoms with van der Waals surface area (Å²) >= 11 is 6.00. The second-order valence-corrected chi connectivity index (χ2v) is 6.49. The average molecular weight is 326 g/mol. The van der Waals surface area contributed by atoms with Crippen molar-refractivity contribution < 1.29 is 14.6 Å². The summed E-state index contributed by atoms with van der Waals surface area (Å²) in [5.41, 5.74) is 0.923. The van der Waals surface area contributed by atoms with Gasteiger partial charge in [-0.25, -0.2) is 0 Å². The minimum Gasteiger partial charge on any atom is -0.481 e. The maximum absolute atomic E-state index is 12.6. The Kier molecular flexibility index (Phi) is 5.70. The van der Waals surface area contributed by atoms with Crippen molar-refractivity contribution in [3.05, 3.63) is 28.8 Å². The van der Waals surface area contributed by atoms with Crippen LogP contribution in [-0.2, 0) is 4.79 Å². The molecule has 5 heteroatoms. The largest absolute Gasteiger partial charge is 0.481 e. The van der Waals surface area contributed by atoms with Gasteiger partial charge in [0.15, 0.2) is 6.10 Å². The van der Waals surface area contributed by atoms with Crippen LogP contribution in [0, 0.1) is 6.92 Å². The molecule has 0 saturated carbocycles. The molecule has 0 aromatic heterocycles. The van der Waals surface area contributed by atoms with Crippen LogP contribution in [0.25, 0.3) is 0 Å². The first-order chi connectivity index (χ1) is 10.4. The summed E-state index contributed by atoms with van der Waals surface area (Å²) in [6, 6.07) is 5.50. The minimum absolute atomic E-state index is 0.0178. The number of ether oxygens (including phenoxy) is 1. The van der Waals surface area contributed by atoms with Crippen molar-refractivity contribution in [2.75, 3.05) is 6.54 Å². The Morgan fingerprint density at radius 3 is 2.86 bits per heavy atom. The van der Waals surface area contributed by atoms with Crippen LogP contribution in [0.3, 0.4) is 0 Å². The Morgan fingerprint density at radius 2 is 2.23 bits per heavy atom. The monoisotopic (exact) mass is 325 g/mol. The number of rotatable bonds is 5. The minimum atomic E-state index is -0.546. The molecular formula is C17H24ClNO3. The molecule has 1 heterocycles. The van der Waals surface area contributed by atoms with E-state index in [4.69, 9.17) is 16.3 Å². The molecule has 1 amide bonds. The van der Waals surface area contributed by atoms with E-state index in [1.165, 1.54) is 0 Å². The van der Waals surface area contributed by atoms with Crippen LogP contribution in [0.1, 0.15) is 38.7 Å². The van der Waals surface area contributed by atoms with E-state index >= 15 is 0 Å². The number of aliphatic hydroxyl groups is 1. The van der Waals surface area contributed by atoms with E-state index in [1.807, 2.05) is 17.9 Å². The van der Waals surface area contributed by atoms with Gasteiger partial charge in [0.2, 0.25) is 0 Å². The number of carbonyl (C=O) groups is 1. The van der Waals surface area contributed by atoms with Gasteiger partial charge < -0.3 is 14.7 Å². The van der Waals surface area contributed by atoms with Gasteiger partial charge in [-0.1, -0.05) is 11.6 Å². The summed E-state index contributed by atoms with van der Waals surface area (Å²) < 4.78 is 5.77. The fourth-order valence-electron chi connectivity index (χ4n) is 2.94. The summed E-state index contributed by atoms with van der Waals surface area (Å²) in [4.78, 5) is 14.4. The van der Waals surface area contributed by atoms with Crippen LogP contribution in [-0.4, -0.2) is 40.7 Å². The van der Waals surface area contributed by atoms with Crippen molar-refractivity contribution in [1.82, 2.24) is 4.90 Å². The van der Waals surface area contributed by atoms with Gasteiger partial charge in [0.1, 0.15) is 5.75 Å². The molecule has 0 aliphatic carbocycles. The normalized spacial score (nSPS) is 20.8. The van der Waals surface area contributed by atoms with Crippen LogP contribution in [0.4, 0.5) is 0 Å². The number of hydrogen-bond donors (Lipinski definition) is 1. The fraction of sp³-hybridized carbons (Fsp3) is 0.588. The molecule has 0 bridgehead atoms. The zero-order valence-corrected chi connectivity index (χ0v) is 14.1. The number of halogens is 1. The van der Waals surface area contributed by atoms with Gasteiger partial charge in [-0.05, 0) is 63.8 Å². The average Bonchev–Trinajstić information content (AvgIpc) is 2.89. The molecule has 3 unspecified atom stereocenters. The number of benzene rings is 1. The molecule has 1 N–H and O–H groups in total. The first-order valence-corrected chi connectivity index (χ1v) is 8.17. The smallest absolute Gasteiger partial charge is 0.263 e. The number of nitrogens with zero attached hydrogens (tertiary/aromatic N) is 1. The molecule has 2 rings (SSSR count). The molecule has 122 valence electrons. The molecule has 1 aliphatic heterocycles. The summed E-state index contributed by atoms with van der Waals surface area (Å²) in [7, 11) is 0. The number of carbonyl (C=O) groups excluding carboxylic acids is 1. The van der Waals surface area contributed by atoms with Gasteiger partial charge >= 0.3 is 0 Å². The first-order valence-electron chi connectivity index (χ1n) is 7.80. The van der Waals surface area contributed by atoms with Crippen molar-refractivity contribution in [3.8, 4) is 5.75 Å². The maximum Gasteiger partial charge on any atom is 0.263 e. The van der Waals surface area contributed by atoms with Gasteiger partial charge in [0, 0.05) is 17.6 Å². The lowest BCUT2D eigenvalue weighted by molar-refractivity contribution is -0.139. The molecule has 0 radical (unpaired) electrons. The number of hydrogen-bond acceptors (Lipinski definition) is 3. The van der Waals surface area contributed by atoms with Crippen LogP contribution >= 0.6 is 11.6 Å². The van der Waals surface area contributed by atoms with E-state index in [1.54, 1.807) is 26.0 Å². The predicted molar refractivity (Wildman–Crippen MR) is 87.3 cm³/mol. The van der Waals surface area contributed by atoms with Gasteiger partial charge in [-0.3, -0.25) is 4.79 Å². The number of amides is 1. The Morgan fingerprint density at radius 1 is 1.50 bits per heavy atom. The second-order valence-electron chi connectivity index (χ2n) is 6.08.